The first kappa shape index (κ1) is 19.2. The van der Waals surface area contributed by atoms with Crippen LogP contribution in [0.2, 0.25) is 0 Å². The van der Waals surface area contributed by atoms with E-state index in [2.05, 4.69) is 9.47 Å². The number of carbonyl (C=O) groups is 2. The van der Waals surface area contributed by atoms with Gasteiger partial charge in [-0.05, 0) is 47.7 Å². The van der Waals surface area contributed by atoms with Crippen molar-refractivity contribution in [2.45, 2.75) is 12.8 Å². The zero-order valence-electron chi connectivity index (χ0n) is 15.2. The SMILES string of the molecule is COC(=O)C(=Cc1ccccc1CCc1ccc(OC)cc1)C(=O)OC. The van der Waals surface area contributed by atoms with Crippen molar-refractivity contribution in [1.82, 2.24) is 0 Å². The van der Waals surface area contributed by atoms with Crippen LogP contribution >= 0.6 is 0 Å². The van der Waals surface area contributed by atoms with Crippen molar-refractivity contribution in [1.29, 1.82) is 0 Å². The van der Waals surface area contributed by atoms with Crippen molar-refractivity contribution in [3.05, 3.63) is 70.8 Å². The fourth-order valence-electron chi connectivity index (χ4n) is 2.55. The van der Waals surface area contributed by atoms with Crippen LogP contribution in [-0.2, 0) is 31.9 Å². The Balaban J connectivity index is 2.24. The summed E-state index contributed by atoms with van der Waals surface area (Å²) < 4.78 is 14.5. The molecule has 0 saturated carbocycles. The first-order valence-corrected chi connectivity index (χ1v) is 8.18. The topological polar surface area (TPSA) is 61.8 Å². The van der Waals surface area contributed by atoms with Crippen molar-refractivity contribution in [2.24, 2.45) is 0 Å². The third-order valence-corrected chi connectivity index (χ3v) is 4.01. The summed E-state index contributed by atoms with van der Waals surface area (Å²) in [6.07, 6.45) is 3.09. The molecule has 0 unspecified atom stereocenters. The average molecular weight is 354 g/mol. The number of methoxy groups -OCH3 is 3. The number of aryl methyl sites for hydroxylation is 2. The third kappa shape index (κ3) is 4.96. The highest BCUT2D eigenvalue weighted by Crippen LogP contribution is 2.18. The van der Waals surface area contributed by atoms with E-state index in [0.29, 0.717) is 0 Å². The minimum Gasteiger partial charge on any atom is -0.497 e. The van der Waals surface area contributed by atoms with Crippen LogP contribution in [0.4, 0.5) is 0 Å². The Kier molecular flexibility index (Phi) is 6.97. The first-order chi connectivity index (χ1) is 12.6. The number of rotatable bonds is 7. The molecule has 0 fully saturated rings. The Morgan fingerprint density at radius 1 is 0.846 bits per heavy atom. The Hall–Kier alpha value is -3.08. The van der Waals surface area contributed by atoms with Gasteiger partial charge in [0.05, 0.1) is 21.3 Å². The van der Waals surface area contributed by atoms with Gasteiger partial charge in [0.25, 0.3) is 0 Å². The van der Waals surface area contributed by atoms with Crippen LogP contribution in [0.25, 0.3) is 6.08 Å². The number of hydrogen-bond donors (Lipinski definition) is 0. The molecule has 136 valence electrons. The fourth-order valence-corrected chi connectivity index (χ4v) is 2.55. The maximum atomic E-state index is 11.9. The molecule has 0 spiro atoms. The Labute approximate surface area is 153 Å². The lowest BCUT2D eigenvalue weighted by atomic mass is 9.98. The number of carbonyl (C=O) groups excluding carboxylic acids is 2. The summed E-state index contributed by atoms with van der Waals surface area (Å²) >= 11 is 0. The van der Waals surface area contributed by atoms with E-state index in [-0.39, 0.29) is 5.57 Å². The molecule has 5 nitrogen and oxygen atoms in total. The van der Waals surface area contributed by atoms with E-state index in [1.807, 2.05) is 48.5 Å². The van der Waals surface area contributed by atoms with E-state index in [9.17, 15) is 9.59 Å². The predicted octanol–water partition coefficient (Wildman–Crippen LogP) is 3.21. The molecule has 0 N–H and O–H groups in total. The quantitative estimate of drug-likeness (QED) is 0.331. The van der Waals surface area contributed by atoms with Crippen LogP contribution < -0.4 is 4.74 Å². The molecular formula is C21H22O5. The molecule has 0 atom stereocenters. The van der Waals surface area contributed by atoms with Gasteiger partial charge in [-0.25, -0.2) is 9.59 Å². The number of ether oxygens (including phenoxy) is 3. The maximum Gasteiger partial charge on any atom is 0.345 e. The van der Waals surface area contributed by atoms with Gasteiger partial charge in [-0.15, -0.1) is 0 Å². The summed E-state index contributed by atoms with van der Waals surface area (Å²) in [7, 11) is 4.10. The summed E-state index contributed by atoms with van der Waals surface area (Å²) in [5, 5.41) is 0. The minimum atomic E-state index is -0.721. The number of hydrogen-bond acceptors (Lipinski definition) is 5. The zero-order valence-corrected chi connectivity index (χ0v) is 15.2. The van der Waals surface area contributed by atoms with Gasteiger partial charge in [-0.3, -0.25) is 0 Å². The summed E-state index contributed by atoms with van der Waals surface area (Å²) in [5.74, 6) is -0.624. The Morgan fingerprint density at radius 3 is 2.04 bits per heavy atom. The van der Waals surface area contributed by atoms with E-state index in [1.165, 1.54) is 25.9 Å². The van der Waals surface area contributed by atoms with Crippen LogP contribution in [0.15, 0.2) is 54.1 Å². The highest BCUT2D eigenvalue weighted by molar-refractivity contribution is 6.17. The van der Waals surface area contributed by atoms with Gasteiger partial charge in [0.15, 0.2) is 0 Å². The summed E-state index contributed by atoms with van der Waals surface area (Å²) in [5.41, 5.74) is 2.85. The second kappa shape index (κ2) is 9.42. The highest BCUT2D eigenvalue weighted by atomic mass is 16.5. The monoisotopic (exact) mass is 354 g/mol. The lowest BCUT2D eigenvalue weighted by molar-refractivity contribution is -0.143. The lowest BCUT2D eigenvalue weighted by Gasteiger charge is -2.09. The second-order valence-corrected chi connectivity index (χ2v) is 5.59. The number of benzene rings is 2. The average Bonchev–Trinajstić information content (AvgIpc) is 2.70. The van der Waals surface area contributed by atoms with Crippen molar-refractivity contribution in [3.8, 4) is 5.75 Å². The van der Waals surface area contributed by atoms with Gasteiger partial charge in [-0.1, -0.05) is 36.4 Å². The van der Waals surface area contributed by atoms with Crippen LogP contribution in [0.3, 0.4) is 0 Å². The third-order valence-electron chi connectivity index (χ3n) is 4.01. The first-order valence-electron chi connectivity index (χ1n) is 8.18. The Morgan fingerprint density at radius 2 is 1.46 bits per heavy atom. The van der Waals surface area contributed by atoms with Crippen molar-refractivity contribution < 1.29 is 23.8 Å². The van der Waals surface area contributed by atoms with Crippen molar-refractivity contribution in [3.63, 3.8) is 0 Å². The van der Waals surface area contributed by atoms with Crippen LogP contribution in [0.5, 0.6) is 5.75 Å². The van der Waals surface area contributed by atoms with E-state index in [0.717, 1.165) is 29.7 Å². The smallest absolute Gasteiger partial charge is 0.345 e. The fraction of sp³-hybridized carbons (Fsp3) is 0.238. The standard InChI is InChI=1S/C21H22O5/c1-24-18-12-9-15(10-13-18)8-11-16-6-4-5-7-17(16)14-19(20(22)25-2)21(23)26-3/h4-7,9-10,12-14H,8,11H2,1-3H3. The summed E-state index contributed by atoms with van der Waals surface area (Å²) in [4.78, 5) is 23.7. The molecule has 26 heavy (non-hydrogen) atoms. The molecule has 0 aliphatic rings. The van der Waals surface area contributed by atoms with Crippen LogP contribution in [-0.4, -0.2) is 33.3 Å². The van der Waals surface area contributed by atoms with Gasteiger partial charge in [0.1, 0.15) is 11.3 Å². The molecule has 0 bridgehead atoms. The maximum absolute atomic E-state index is 11.9. The molecule has 0 aromatic heterocycles. The molecule has 0 saturated heterocycles. The highest BCUT2D eigenvalue weighted by Gasteiger charge is 2.20. The van der Waals surface area contributed by atoms with E-state index in [1.54, 1.807) is 7.11 Å². The van der Waals surface area contributed by atoms with Gasteiger partial charge in [-0.2, -0.15) is 0 Å². The van der Waals surface area contributed by atoms with Gasteiger partial charge in [0.2, 0.25) is 0 Å². The molecule has 5 heteroatoms. The largest absolute Gasteiger partial charge is 0.497 e. The van der Waals surface area contributed by atoms with Crippen molar-refractivity contribution in [2.75, 3.05) is 21.3 Å². The van der Waals surface area contributed by atoms with E-state index < -0.39 is 11.9 Å². The molecule has 2 aromatic carbocycles. The van der Waals surface area contributed by atoms with Crippen LogP contribution in [0, 0.1) is 0 Å². The van der Waals surface area contributed by atoms with Crippen LogP contribution in [0.1, 0.15) is 16.7 Å². The molecule has 0 amide bonds. The minimum absolute atomic E-state index is 0.133. The molecule has 0 aliphatic carbocycles. The molecule has 0 radical (unpaired) electrons. The summed E-state index contributed by atoms with van der Waals surface area (Å²) in [6, 6.07) is 15.5. The molecule has 0 heterocycles. The van der Waals surface area contributed by atoms with E-state index >= 15 is 0 Å². The van der Waals surface area contributed by atoms with Crippen molar-refractivity contribution >= 4 is 18.0 Å². The summed E-state index contributed by atoms with van der Waals surface area (Å²) in [6.45, 7) is 0. The molecule has 2 aromatic rings. The normalized spacial score (nSPS) is 9.96. The molecule has 2 rings (SSSR count). The van der Waals surface area contributed by atoms with E-state index in [4.69, 9.17) is 4.74 Å². The second-order valence-electron chi connectivity index (χ2n) is 5.59. The predicted molar refractivity (Wildman–Crippen MR) is 98.9 cm³/mol. The lowest BCUT2D eigenvalue weighted by Crippen LogP contribution is -2.15. The zero-order chi connectivity index (χ0) is 18.9. The van der Waals surface area contributed by atoms with Gasteiger partial charge in [0, 0.05) is 0 Å². The van der Waals surface area contributed by atoms with Gasteiger partial charge >= 0.3 is 11.9 Å². The Bertz CT molecular complexity index is 772. The molecular weight excluding hydrogens is 332 g/mol. The van der Waals surface area contributed by atoms with Gasteiger partial charge < -0.3 is 14.2 Å². The molecule has 0 aliphatic heterocycles. The number of esters is 2.